The Bertz CT molecular complexity index is 1020. The minimum atomic E-state index is 0.192. The number of thiazole rings is 1. The van der Waals surface area contributed by atoms with Gasteiger partial charge in [-0.15, -0.1) is 11.3 Å². The van der Waals surface area contributed by atoms with Crippen molar-refractivity contribution < 1.29 is 5.11 Å². The number of nitrogens with zero attached hydrogens (tertiary/aromatic N) is 3. The van der Waals surface area contributed by atoms with Gasteiger partial charge in [0.25, 0.3) is 0 Å². The van der Waals surface area contributed by atoms with Gasteiger partial charge in [-0.1, -0.05) is 52.3 Å². The van der Waals surface area contributed by atoms with E-state index in [4.69, 9.17) is 0 Å². The zero-order chi connectivity index (χ0) is 18.5. The monoisotopic (exact) mass is 427 g/mol. The van der Waals surface area contributed by atoms with Crippen molar-refractivity contribution in [1.29, 1.82) is 0 Å². The van der Waals surface area contributed by atoms with Gasteiger partial charge in [0, 0.05) is 21.0 Å². The number of phenolic OH excluding ortho intramolecular Hbond substituents is 1. The van der Waals surface area contributed by atoms with Gasteiger partial charge in [0.2, 0.25) is 4.80 Å². The summed E-state index contributed by atoms with van der Waals surface area (Å²) in [5, 5.41) is 16.6. The quantitative estimate of drug-likeness (QED) is 0.449. The molecule has 0 spiro atoms. The van der Waals surface area contributed by atoms with Crippen LogP contribution >= 0.6 is 27.3 Å². The van der Waals surface area contributed by atoms with Crippen LogP contribution in [-0.2, 0) is 0 Å². The largest absolute Gasteiger partial charge is 0.507 e. The predicted octanol–water partition coefficient (Wildman–Crippen LogP) is 5.04. The van der Waals surface area contributed by atoms with Crippen molar-refractivity contribution in [1.82, 2.24) is 4.68 Å². The van der Waals surface area contributed by atoms with E-state index in [2.05, 4.69) is 32.6 Å². The number of phenols is 1. The van der Waals surface area contributed by atoms with Gasteiger partial charge in [0.1, 0.15) is 5.75 Å². The molecule has 2 aromatic carbocycles. The van der Waals surface area contributed by atoms with E-state index in [0.29, 0.717) is 12.1 Å². The fourth-order valence-corrected chi connectivity index (χ4v) is 3.36. The molecule has 0 aliphatic heterocycles. The molecule has 0 amide bonds. The molecule has 4 nitrogen and oxygen atoms in total. The summed E-state index contributed by atoms with van der Waals surface area (Å²) in [6.07, 6.45) is 1.64. The molecule has 26 heavy (non-hydrogen) atoms. The molecular weight excluding hydrogens is 410 g/mol. The zero-order valence-electron chi connectivity index (χ0n) is 14.3. The highest BCUT2D eigenvalue weighted by Gasteiger charge is 2.08. The second-order valence-electron chi connectivity index (χ2n) is 5.80. The van der Waals surface area contributed by atoms with Crippen molar-refractivity contribution in [2.45, 2.75) is 6.92 Å². The van der Waals surface area contributed by atoms with Crippen LogP contribution in [0.2, 0.25) is 0 Å². The van der Waals surface area contributed by atoms with Crippen LogP contribution in [0.25, 0.3) is 11.3 Å². The van der Waals surface area contributed by atoms with Crippen molar-refractivity contribution in [3.8, 4) is 17.0 Å². The van der Waals surface area contributed by atoms with Crippen LogP contribution in [0.4, 0.5) is 0 Å². The fraction of sp³-hybridized carbons (Fsp3) is 0.100. The molecule has 0 aliphatic rings. The van der Waals surface area contributed by atoms with Crippen LogP contribution in [0.15, 0.2) is 80.6 Å². The Balaban J connectivity index is 2.09. The maximum Gasteiger partial charge on any atom is 0.206 e. The van der Waals surface area contributed by atoms with E-state index in [1.54, 1.807) is 23.0 Å². The van der Waals surface area contributed by atoms with E-state index in [0.717, 1.165) is 26.1 Å². The van der Waals surface area contributed by atoms with Gasteiger partial charge in [-0.05, 0) is 31.2 Å². The molecule has 0 unspecified atom stereocenters. The summed E-state index contributed by atoms with van der Waals surface area (Å²) in [5.41, 5.74) is 3.61. The molecule has 0 fully saturated rings. The topological polar surface area (TPSA) is 49.9 Å². The normalized spacial score (nSPS) is 12.0. The Morgan fingerprint density at radius 1 is 1.23 bits per heavy atom. The highest BCUT2D eigenvalue weighted by Crippen LogP contribution is 2.22. The number of hydrogen-bond acceptors (Lipinski definition) is 4. The van der Waals surface area contributed by atoms with Crippen molar-refractivity contribution in [3.63, 3.8) is 0 Å². The lowest BCUT2D eigenvalue weighted by molar-refractivity contribution is 0.474. The number of benzene rings is 2. The summed E-state index contributed by atoms with van der Waals surface area (Å²) in [6.45, 7) is 6.40. The standard InChI is InChI=1S/C20H18BrN3OS/c1-14(2)11-22-20-24(23-12-16-5-3-4-6-19(16)25)18(13-26-20)15-7-9-17(21)10-8-15/h3-10,12-13,25H,1,11H2,2H3. The van der Waals surface area contributed by atoms with Crippen LogP contribution in [0.3, 0.4) is 0 Å². The highest BCUT2D eigenvalue weighted by molar-refractivity contribution is 9.10. The summed E-state index contributed by atoms with van der Waals surface area (Å²) < 4.78 is 2.82. The molecule has 3 aromatic rings. The van der Waals surface area contributed by atoms with Gasteiger partial charge in [-0.2, -0.15) is 5.10 Å². The molecule has 0 atom stereocenters. The molecule has 132 valence electrons. The number of para-hydroxylation sites is 1. The number of aromatic nitrogens is 1. The van der Waals surface area contributed by atoms with Gasteiger partial charge in [-0.25, -0.2) is 4.68 Å². The zero-order valence-corrected chi connectivity index (χ0v) is 16.7. The first-order valence-corrected chi connectivity index (χ1v) is 9.65. The van der Waals surface area contributed by atoms with E-state index < -0.39 is 0 Å². The summed E-state index contributed by atoms with van der Waals surface area (Å²) in [7, 11) is 0. The maximum absolute atomic E-state index is 9.96. The minimum Gasteiger partial charge on any atom is -0.507 e. The summed E-state index contributed by atoms with van der Waals surface area (Å²) in [4.78, 5) is 5.38. The molecule has 0 bridgehead atoms. The highest BCUT2D eigenvalue weighted by atomic mass is 79.9. The maximum atomic E-state index is 9.96. The Morgan fingerprint density at radius 2 is 1.96 bits per heavy atom. The van der Waals surface area contributed by atoms with Crippen LogP contribution < -0.4 is 4.80 Å². The van der Waals surface area contributed by atoms with Crippen LogP contribution in [0.1, 0.15) is 12.5 Å². The number of halogens is 1. The fourth-order valence-electron chi connectivity index (χ4n) is 2.26. The van der Waals surface area contributed by atoms with Crippen molar-refractivity contribution in [3.05, 3.63) is 80.9 Å². The molecular formula is C20H18BrN3OS. The van der Waals surface area contributed by atoms with Crippen LogP contribution in [0, 0.1) is 0 Å². The molecule has 0 saturated carbocycles. The van der Waals surface area contributed by atoms with Gasteiger partial charge >= 0.3 is 0 Å². The van der Waals surface area contributed by atoms with Gasteiger partial charge in [0.05, 0.1) is 18.5 Å². The van der Waals surface area contributed by atoms with E-state index in [-0.39, 0.29) is 5.75 Å². The summed E-state index contributed by atoms with van der Waals surface area (Å²) in [6, 6.07) is 15.1. The average molecular weight is 428 g/mol. The molecule has 6 heteroatoms. The van der Waals surface area contributed by atoms with Gasteiger partial charge < -0.3 is 5.11 Å². The molecule has 1 heterocycles. The van der Waals surface area contributed by atoms with Gasteiger partial charge in [0.15, 0.2) is 0 Å². The van der Waals surface area contributed by atoms with E-state index in [1.165, 1.54) is 11.3 Å². The first kappa shape index (κ1) is 18.4. The third kappa shape index (κ3) is 4.39. The molecule has 1 N–H and O–H groups in total. The first-order chi connectivity index (χ1) is 12.5. The summed E-state index contributed by atoms with van der Waals surface area (Å²) >= 11 is 4.99. The first-order valence-electron chi connectivity index (χ1n) is 7.98. The average Bonchev–Trinajstić information content (AvgIpc) is 3.03. The molecule has 1 aromatic heterocycles. The number of hydrogen-bond donors (Lipinski definition) is 1. The Labute approximate surface area is 164 Å². The second-order valence-corrected chi connectivity index (χ2v) is 7.55. The third-order valence-electron chi connectivity index (χ3n) is 3.56. The van der Waals surface area contributed by atoms with E-state index >= 15 is 0 Å². The molecule has 3 rings (SSSR count). The Hall–Kier alpha value is -2.44. The Morgan fingerprint density at radius 3 is 2.65 bits per heavy atom. The molecule has 0 radical (unpaired) electrons. The lowest BCUT2D eigenvalue weighted by atomic mass is 10.2. The number of rotatable bonds is 5. The SMILES string of the molecule is C=C(C)CN=c1scc(-c2ccc(Br)cc2)n1N=Cc1ccccc1O. The number of aromatic hydroxyl groups is 1. The molecule has 0 saturated heterocycles. The lowest BCUT2D eigenvalue weighted by Crippen LogP contribution is -2.13. The smallest absolute Gasteiger partial charge is 0.206 e. The van der Waals surface area contributed by atoms with E-state index in [1.807, 2.05) is 48.7 Å². The Kier molecular flexibility index (Phi) is 5.85. The minimum absolute atomic E-state index is 0.192. The van der Waals surface area contributed by atoms with Crippen molar-refractivity contribution in [2.24, 2.45) is 10.1 Å². The predicted molar refractivity (Wildman–Crippen MR) is 112 cm³/mol. The second kappa shape index (κ2) is 8.29. The lowest BCUT2D eigenvalue weighted by Gasteiger charge is -2.04. The van der Waals surface area contributed by atoms with Gasteiger partial charge in [-0.3, -0.25) is 4.99 Å². The van der Waals surface area contributed by atoms with Crippen LogP contribution in [-0.4, -0.2) is 22.5 Å². The molecule has 0 aliphatic carbocycles. The van der Waals surface area contributed by atoms with Crippen LogP contribution in [0.5, 0.6) is 5.75 Å². The van der Waals surface area contributed by atoms with E-state index in [9.17, 15) is 5.11 Å². The summed E-state index contributed by atoms with van der Waals surface area (Å²) in [5.74, 6) is 0.192. The van der Waals surface area contributed by atoms with Crippen molar-refractivity contribution in [2.75, 3.05) is 6.54 Å². The van der Waals surface area contributed by atoms with Crippen molar-refractivity contribution >= 4 is 33.5 Å². The third-order valence-corrected chi connectivity index (χ3v) is 4.94.